The van der Waals surface area contributed by atoms with Crippen LogP contribution in [0, 0.1) is 0 Å². The maximum Gasteiger partial charge on any atom is 0.163 e. The molecule has 0 aliphatic carbocycles. The van der Waals surface area contributed by atoms with Crippen molar-refractivity contribution in [2.45, 2.75) is 0 Å². The Balaban J connectivity index is 1.43. The van der Waals surface area contributed by atoms with E-state index < -0.39 is 0 Å². The van der Waals surface area contributed by atoms with Gasteiger partial charge in [-0.2, -0.15) is 0 Å². The van der Waals surface area contributed by atoms with Crippen molar-refractivity contribution in [1.82, 2.24) is 15.0 Å². The Bertz CT molecular complexity index is 2200. The van der Waals surface area contributed by atoms with E-state index in [2.05, 4.69) is 66.7 Å². The third-order valence-corrected chi connectivity index (χ3v) is 7.48. The van der Waals surface area contributed by atoms with Gasteiger partial charge in [0.05, 0.1) is 22.5 Å². The molecule has 3 aromatic heterocycles. The number of furan rings is 1. The van der Waals surface area contributed by atoms with Gasteiger partial charge in [0.15, 0.2) is 11.4 Å². The fraction of sp³-hybridized carbons (Fsp3) is 0. The molecule has 0 atom stereocenters. The molecule has 0 radical (unpaired) electrons. The minimum Gasteiger partial charge on any atom is -0.454 e. The summed E-state index contributed by atoms with van der Waals surface area (Å²) < 4.78 is 6.49. The summed E-state index contributed by atoms with van der Waals surface area (Å²) in [5.41, 5.74) is 10.1. The molecule has 0 spiro atoms. The molecule has 4 heteroatoms. The highest BCUT2D eigenvalue weighted by molar-refractivity contribution is 6.14. The molecule has 0 fully saturated rings. The molecule has 8 aromatic rings. The number of hydrogen-bond donors (Lipinski definition) is 0. The topological polar surface area (TPSA) is 51.8 Å². The van der Waals surface area contributed by atoms with E-state index in [1.807, 2.05) is 72.8 Å². The maximum absolute atomic E-state index is 6.49. The lowest BCUT2D eigenvalue weighted by atomic mass is 9.99. The first-order chi connectivity index (χ1) is 20.3. The number of nitrogens with zero attached hydrogens (tertiary/aromatic N) is 3. The number of rotatable bonds is 4. The van der Waals surface area contributed by atoms with Gasteiger partial charge in [-0.15, -0.1) is 0 Å². The van der Waals surface area contributed by atoms with Crippen LogP contribution in [0.4, 0.5) is 0 Å². The van der Waals surface area contributed by atoms with Gasteiger partial charge < -0.3 is 4.42 Å². The highest BCUT2D eigenvalue weighted by atomic mass is 16.3. The van der Waals surface area contributed by atoms with E-state index in [-0.39, 0.29) is 0 Å². The van der Waals surface area contributed by atoms with Crippen LogP contribution in [0.25, 0.3) is 78.0 Å². The summed E-state index contributed by atoms with van der Waals surface area (Å²) in [6, 6.07) is 47.4. The summed E-state index contributed by atoms with van der Waals surface area (Å²) in [6.45, 7) is 0. The Hall–Kier alpha value is -5.61. The van der Waals surface area contributed by atoms with Crippen molar-refractivity contribution in [3.05, 3.63) is 140 Å². The van der Waals surface area contributed by atoms with Crippen LogP contribution in [0.5, 0.6) is 0 Å². The number of fused-ring (bicyclic) bond motifs is 4. The smallest absolute Gasteiger partial charge is 0.163 e. The van der Waals surface area contributed by atoms with Crippen molar-refractivity contribution in [3.8, 4) is 45.0 Å². The normalized spacial score (nSPS) is 11.4. The van der Waals surface area contributed by atoms with Crippen LogP contribution in [0.1, 0.15) is 0 Å². The van der Waals surface area contributed by atoms with E-state index in [9.17, 15) is 0 Å². The molecular weight excluding hydrogens is 502 g/mol. The van der Waals surface area contributed by atoms with E-state index in [4.69, 9.17) is 19.4 Å². The molecule has 0 aliphatic rings. The SMILES string of the molecule is c1ccc(-c2cccc(-c3cc(-c4c5ccccc5nc5c4oc4ccccc45)nc(-c4ccccc4)n3)c2)cc1. The zero-order valence-corrected chi connectivity index (χ0v) is 22.0. The fourth-order valence-electron chi connectivity index (χ4n) is 5.52. The molecule has 0 amide bonds. The summed E-state index contributed by atoms with van der Waals surface area (Å²) in [6.07, 6.45) is 0. The standard InChI is InChI=1S/C37H23N3O/c1-3-12-24(13-4-1)26-16-11-17-27(22-26)31-23-32(40-37(39-31)25-14-5-2-6-15-25)34-28-18-7-9-20-30(28)38-35-29-19-8-10-21-33(29)41-36(34)35/h1-23H. The lowest BCUT2D eigenvalue weighted by molar-refractivity contribution is 0.669. The van der Waals surface area contributed by atoms with Gasteiger partial charge in [-0.25, -0.2) is 15.0 Å². The number of aromatic nitrogens is 3. The van der Waals surface area contributed by atoms with Crippen molar-refractivity contribution in [2.24, 2.45) is 0 Å². The van der Waals surface area contributed by atoms with E-state index >= 15 is 0 Å². The largest absolute Gasteiger partial charge is 0.454 e. The molecule has 0 saturated carbocycles. The van der Waals surface area contributed by atoms with Crippen LogP contribution < -0.4 is 0 Å². The summed E-state index contributed by atoms with van der Waals surface area (Å²) in [5, 5.41) is 1.98. The minimum atomic E-state index is 0.661. The lowest BCUT2D eigenvalue weighted by Gasteiger charge is -2.12. The molecule has 5 aromatic carbocycles. The Labute approximate surface area is 236 Å². The molecular formula is C37H23N3O. The van der Waals surface area contributed by atoms with Crippen molar-refractivity contribution < 1.29 is 4.42 Å². The maximum atomic E-state index is 6.49. The highest BCUT2D eigenvalue weighted by Gasteiger charge is 2.20. The summed E-state index contributed by atoms with van der Waals surface area (Å²) in [4.78, 5) is 15.3. The van der Waals surface area contributed by atoms with E-state index in [0.29, 0.717) is 5.82 Å². The Morgan fingerprint density at radius 3 is 1.90 bits per heavy atom. The molecule has 192 valence electrons. The van der Waals surface area contributed by atoms with Gasteiger partial charge in [-0.3, -0.25) is 0 Å². The van der Waals surface area contributed by atoms with Crippen LogP contribution in [0.3, 0.4) is 0 Å². The monoisotopic (exact) mass is 525 g/mol. The van der Waals surface area contributed by atoms with Gasteiger partial charge >= 0.3 is 0 Å². The second-order valence-electron chi connectivity index (χ2n) is 10.1. The van der Waals surface area contributed by atoms with Gasteiger partial charge in [0.2, 0.25) is 0 Å². The first-order valence-electron chi connectivity index (χ1n) is 13.6. The zero-order chi connectivity index (χ0) is 27.2. The van der Waals surface area contributed by atoms with Crippen molar-refractivity contribution >= 4 is 33.0 Å². The first-order valence-corrected chi connectivity index (χ1v) is 13.6. The van der Waals surface area contributed by atoms with Gasteiger partial charge in [0.1, 0.15) is 11.1 Å². The molecule has 0 N–H and O–H groups in total. The van der Waals surface area contributed by atoms with Crippen LogP contribution in [0.2, 0.25) is 0 Å². The van der Waals surface area contributed by atoms with E-state index in [1.54, 1.807) is 0 Å². The predicted octanol–water partition coefficient (Wildman–Crippen LogP) is 9.59. The van der Waals surface area contributed by atoms with Crippen LogP contribution in [-0.2, 0) is 0 Å². The van der Waals surface area contributed by atoms with Gasteiger partial charge in [-0.05, 0) is 41.5 Å². The van der Waals surface area contributed by atoms with E-state index in [1.165, 1.54) is 0 Å². The third kappa shape index (κ3) is 4.05. The Kier molecular flexibility index (Phi) is 5.42. The van der Waals surface area contributed by atoms with Gasteiger partial charge in [0, 0.05) is 21.9 Å². The zero-order valence-electron chi connectivity index (χ0n) is 22.0. The second kappa shape index (κ2) is 9.54. The Morgan fingerprint density at radius 1 is 0.439 bits per heavy atom. The summed E-state index contributed by atoms with van der Waals surface area (Å²) in [5.74, 6) is 0.661. The van der Waals surface area contributed by atoms with Crippen LogP contribution in [-0.4, -0.2) is 15.0 Å². The molecule has 0 bridgehead atoms. The molecule has 4 nitrogen and oxygen atoms in total. The van der Waals surface area contributed by atoms with E-state index in [0.717, 1.165) is 72.2 Å². The molecule has 41 heavy (non-hydrogen) atoms. The number of hydrogen-bond acceptors (Lipinski definition) is 4. The van der Waals surface area contributed by atoms with Gasteiger partial charge in [-0.1, -0.05) is 109 Å². The molecule has 0 aliphatic heterocycles. The summed E-state index contributed by atoms with van der Waals surface area (Å²) >= 11 is 0. The number of para-hydroxylation sites is 2. The predicted molar refractivity (Wildman–Crippen MR) is 166 cm³/mol. The van der Waals surface area contributed by atoms with Crippen molar-refractivity contribution in [1.29, 1.82) is 0 Å². The summed E-state index contributed by atoms with van der Waals surface area (Å²) in [7, 11) is 0. The molecule has 8 rings (SSSR count). The average Bonchev–Trinajstić information content (AvgIpc) is 3.42. The average molecular weight is 526 g/mol. The fourth-order valence-corrected chi connectivity index (χ4v) is 5.52. The lowest BCUT2D eigenvalue weighted by Crippen LogP contribution is -1.97. The Morgan fingerprint density at radius 2 is 1.07 bits per heavy atom. The molecule has 3 heterocycles. The first kappa shape index (κ1) is 23.3. The number of benzene rings is 5. The van der Waals surface area contributed by atoms with Crippen molar-refractivity contribution in [3.63, 3.8) is 0 Å². The third-order valence-electron chi connectivity index (χ3n) is 7.48. The van der Waals surface area contributed by atoms with Crippen LogP contribution in [0.15, 0.2) is 144 Å². The minimum absolute atomic E-state index is 0.661. The second-order valence-corrected chi connectivity index (χ2v) is 10.1. The molecule has 0 unspecified atom stereocenters. The van der Waals surface area contributed by atoms with Gasteiger partial charge in [0.25, 0.3) is 0 Å². The molecule has 0 saturated heterocycles. The quantitative estimate of drug-likeness (QED) is 0.230. The van der Waals surface area contributed by atoms with Crippen LogP contribution >= 0.6 is 0 Å². The number of pyridine rings is 1. The van der Waals surface area contributed by atoms with Crippen molar-refractivity contribution in [2.75, 3.05) is 0 Å². The highest BCUT2D eigenvalue weighted by Crippen LogP contribution is 2.40.